The molecule has 2 aromatic carbocycles. The highest BCUT2D eigenvalue weighted by molar-refractivity contribution is 8.00. The molecule has 0 radical (unpaired) electrons. The van der Waals surface area contributed by atoms with Crippen LogP contribution in [0, 0.1) is 5.92 Å². The molecule has 6 nitrogen and oxygen atoms in total. The van der Waals surface area contributed by atoms with Crippen LogP contribution in [-0.4, -0.2) is 31.4 Å². The van der Waals surface area contributed by atoms with E-state index in [1.807, 2.05) is 61.5 Å². The molecule has 0 saturated carbocycles. The van der Waals surface area contributed by atoms with Crippen molar-refractivity contribution in [3.63, 3.8) is 0 Å². The van der Waals surface area contributed by atoms with Crippen molar-refractivity contribution in [2.75, 3.05) is 5.32 Å². The summed E-state index contributed by atoms with van der Waals surface area (Å²) in [5, 5.41) is 15.2. The number of anilines is 1. The van der Waals surface area contributed by atoms with Crippen LogP contribution in [0.1, 0.15) is 20.8 Å². The van der Waals surface area contributed by atoms with Crippen molar-refractivity contribution in [3.8, 4) is 11.1 Å². The molecule has 27 heavy (non-hydrogen) atoms. The van der Waals surface area contributed by atoms with Gasteiger partial charge in [-0.2, -0.15) is 0 Å². The molecule has 1 unspecified atom stereocenters. The van der Waals surface area contributed by atoms with Crippen LogP contribution in [0.4, 0.5) is 5.69 Å². The molecule has 0 fully saturated rings. The number of rotatable bonds is 7. The monoisotopic (exact) mass is 381 g/mol. The molecule has 0 aliphatic rings. The lowest BCUT2D eigenvalue weighted by Gasteiger charge is -2.15. The molecule has 1 aromatic heterocycles. The number of amides is 1. The first kappa shape index (κ1) is 19.1. The molecule has 0 bridgehead atoms. The molecule has 1 atom stereocenters. The van der Waals surface area contributed by atoms with Crippen LogP contribution in [0.15, 0.2) is 59.8 Å². The first-order valence-electron chi connectivity index (χ1n) is 8.92. The van der Waals surface area contributed by atoms with Gasteiger partial charge in [0, 0.05) is 17.8 Å². The zero-order valence-corrected chi connectivity index (χ0v) is 16.5. The van der Waals surface area contributed by atoms with Crippen molar-refractivity contribution >= 4 is 23.4 Å². The average molecular weight is 382 g/mol. The van der Waals surface area contributed by atoms with Crippen LogP contribution in [0.3, 0.4) is 0 Å². The molecule has 1 amide bonds. The predicted octanol–water partition coefficient (Wildman–Crippen LogP) is 4.12. The summed E-state index contributed by atoms with van der Waals surface area (Å²) in [6.07, 6.45) is 0. The van der Waals surface area contributed by atoms with Gasteiger partial charge in [-0.25, -0.2) is 4.68 Å². The van der Waals surface area contributed by atoms with Gasteiger partial charge in [0.25, 0.3) is 0 Å². The van der Waals surface area contributed by atoms with E-state index < -0.39 is 0 Å². The van der Waals surface area contributed by atoms with Crippen LogP contribution in [0.25, 0.3) is 11.1 Å². The summed E-state index contributed by atoms with van der Waals surface area (Å²) >= 11 is 1.36. The smallest absolute Gasteiger partial charge is 0.237 e. The summed E-state index contributed by atoms with van der Waals surface area (Å²) in [4.78, 5) is 12.7. The van der Waals surface area contributed by atoms with Gasteiger partial charge in [-0.3, -0.25) is 4.79 Å². The molecule has 7 heteroatoms. The largest absolute Gasteiger partial charge is 0.325 e. The Hall–Kier alpha value is -2.67. The molecular weight excluding hydrogens is 358 g/mol. The summed E-state index contributed by atoms with van der Waals surface area (Å²) in [5.74, 6) is 0.345. The Kier molecular flexibility index (Phi) is 6.24. The van der Waals surface area contributed by atoms with Crippen LogP contribution in [-0.2, 0) is 11.3 Å². The third kappa shape index (κ3) is 4.95. The fourth-order valence-corrected chi connectivity index (χ4v) is 3.45. The quantitative estimate of drug-likeness (QED) is 0.623. The lowest BCUT2D eigenvalue weighted by atomic mass is 10.0. The number of aromatic nitrogens is 4. The van der Waals surface area contributed by atoms with Gasteiger partial charge >= 0.3 is 0 Å². The highest BCUT2D eigenvalue weighted by atomic mass is 32.2. The number of carbonyl (C=O) groups is 1. The van der Waals surface area contributed by atoms with E-state index in [0.29, 0.717) is 11.1 Å². The minimum atomic E-state index is -0.328. The number of hydrogen-bond acceptors (Lipinski definition) is 5. The summed E-state index contributed by atoms with van der Waals surface area (Å²) in [6, 6.07) is 17.8. The standard InChI is InChI=1S/C20H23N5OS/c1-14(2)13-25-20(22-23-24-25)27-15(3)19(26)21-18-12-8-7-11-17(18)16-9-5-4-6-10-16/h4-12,14-15H,13H2,1-3H3,(H,21,26). The molecule has 0 spiro atoms. The van der Waals surface area contributed by atoms with Gasteiger partial charge < -0.3 is 5.32 Å². The minimum absolute atomic E-state index is 0.0810. The van der Waals surface area contributed by atoms with Crippen LogP contribution in [0.2, 0.25) is 0 Å². The van der Waals surface area contributed by atoms with E-state index in [1.165, 1.54) is 11.8 Å². The van der Waals surface area contributed by atoms with Crippen molar-refractivity contribution in [2.24, 2.45) is 5.92 Å². The summed E-state index contributed by atoms with van der Waals surface area (Å²) in [7, 11) is 0. The second-order valence-electron chi connectivity index (χ2n) is 6.70. The number of benzene rings is 2. The molecule has 0 aliphatic carbocycles. The Labute approximate surface area is 163 Å². The number of thioether (sulfide) groups is 1. The van der Waals surface area contributed by atoms with E-state index in [4.69, 9.17) is 0 Å². The second kappa shape index (κ2) is 8.81. The predicted molar refractivity (Wildman–Crippen MR) is 108 cm³/mol. The molecule has 3 rings (SSSR count). The van der Waals surface area contributed by atoms with Crippen LogP contribution >= 0.6 is 11.8 Å². The lowest BCUT2D eigenvalue weighted by Crippen LogP contribution is -2.23. The van der Waals surface area contributed by atoms with Crippen LogP contribution < -0.4 is 5.32 Å². The third-order valence-corrected chi connectivity index (χ3v) is 5.03. The summed E-state index contributed by atoms with van der Waals surface area (Å²) in [5.41, 5.74) is 2.85. The van der Waals surface area contributed by atoms with Gasteiger partial charge in [0.15, 0.2) is 0 Å². The van der Waals surface area contributed by atoms with Gasteiger partial charge in [0.2, 0.25) is 11.1 Å². The topological polar surface area (TPSA) is 72.7 Å². The van der Waals surface area contributed by atoms with E-state index in [2.05, 4.69) is 34.7 Å². The van der Waals surface area contributed by atoms with Gasteiger partial charge in [0.05, 0.1) is 5.25 Å². The maximum absolute atomic E-state index is 12.7. The zero-order valence-electron chi connectivity index (χ0n) is 15.7. The molecule has 0 saturated heterocycles. The summed E-state index contributed by atoms with van der Waals surface area (Å²) in [6.45, 7) is 6.79. The van der Waals surface area contributed by atoms with Crippen molar-refractivity contribution in [1.29, 1.82) is 0 Å². The van der Waals surface area contributed by atoms with Crippen molar-refractivity contribution in [1.82, 2.24) is 20.2 Å². The Morgan fingerprint density at radius 1 is 1.07 bits per heavy atom. The van der Waals surface area contributed by atoms with Crippen molar-refractivity contribution in [2.45, 2.75) is 37.7 Å². The van der Waals surface area contributed by atoms with E-state index in [1.54, 1.807) is 4.68 Å². The molecule has 0 aliphatic heterocycles. The maximum Gasteiger partial charge on any atom is 0.237 e. The molecule has 3 aromatic rings. The minimum Gasteiger partial charge on any atom is -0.325 e. The highest BCUT2D eigenvalue weighted by Crippen LogP contribution is 2.29. The normalized spacial score (nSPS) is 12.1. The van der Waals surface area contributed by atoms with Crippen molar-refractivity contribution < 1.29 is 4.79 Å². The number of nitrogens with zero attached hydrogens (tertiary/aromatic N) is 4. The highest BCUT2D eigenvalue weighted by Gasteiger charge is 2.20. The fraction of sp³-hybridized carbons (Fsp3) is 0.300. The number of nitrogens with one attached hydrogen (secondary N) is 1. The Balaban J connectivity index is 1.72. The number of carbonyl (C=O) groups excluding carboxylic acids is 1. The molecule has 140 valence electrons. The van der Waals surface area contributed by atoms with Gasteiger partial charge in [0.1, 0.15) is 0 Å². The Morgan fingerprint density at radius 2 is 1.78 bits per heavy atom. The van der Waals surface area contributed by atoms with Crippen molar-refractivity contribution in [3.05, 3.63) is 54.6 Å². The van der Waals surface area contributed by atoms with E-state index in [0.717, 1.165) is 23.4 Å². The van der Waals surface area contributed by atoms with Gasteiger partial charge in [-0.05, 0) is 34.9 Å². The van der Waals surface area contributed by atoms with Crippen LogP contribution in [0.5, 0.6) is 0 Å². The SMILES string of the molecule is CC(C)Cn1nnnc1SC(C)C(=O)Nc1ccccc1-c1ccccc1. The first-order chi connectivity index (χ1) is 13.0. The van der Waals surface area contributed by atoms with E-state index >= 15 is 0 Å². The average Bonchev–Trinajstić information content (AvgIpc) is 3.08. The van der Waals surface area contributed by atoms with Gasteiger partial charge in [-0.15, -0.1) is 5.10 Å². The van der Waals surface area contributed by atoms with Gasteiger partial charge in [-0.1, -0.05) is 74.1 Å². The number of hydrogen-bond donors (Lipinski definition) is 1. The zero-order chi connectivity index (χ0) is 19.2. The maximum atomic E-state index is 12.7. The fourth-order valence-electron chi connectivity index (χ4n) is 2.65. The molecule has 1 heterocycles. The van der Waals surface area contributed by atoms with E-state index in [-0.39, 0.29) is 11.2 Å². The molecular formula is C20H23N5OS. The summed E-state index contributed by atoms with van der Waals surface area (Å²) < 4.78 is 1.75. The Morgan fingerprint density at radius 3 is 2.52 bits per heavy atom. The number of tetrazole rings is 1. The second-order valence-corrected chi connectivity index (χ2v) is 8.01. The lowest BCUT2D eigenvalue weighted by molar-refractivity contribution is -0.115. The molecule has 1 N–H and O–H groups in total. The third-order valence-electron chi connectivity index (χ3n) is 3.96. The Bertz CT molecular complexity index is 894. The first-order valence-corrected chi connectivity index (χ1v) is 9.80. The van der Waals surface area contributed by atoms with E-state index in [9.17, 15) is 4.79 Å². The number of para-hydroxylation sites is 1.